The van der Waals surface area contributed by atoms with Gasteiger partial charge in [0, 0.05) is 34.6 Å². The fourth-order valence-electron chi connectivity index (χ4n) is 5.45. The van der Waals surface area contributed by atoms with Gasteiger partial charge in [-0.25, -0.2) is 8.42 Å². The number of nitrogens with one attached hydrogen (secondary N) is 1. The number of benzene rings is 3. The van der Waals surface area contributed by atoms with Crippen molar-refractivity contribution in [3.63, 3.8) is 0 Å². The summed E-state index contributed by atoms with van der Waals surface area (Å²) in [6, 6.07) is 15.0. The van der Waals surface area contributed by atoms with Gasteiger partial charge in [0.15, 0.2) is 0 Å². The van der Waals surface area contributed by atoms with Gasteiger partial charge in [0.25, 0.3) is 0 Å². The quantitative estimate of drug-likeness (QED) is 0.222. The minimum atomic E-state index is -4.88. The van der Waals surface area contributed by atoms with Crippen LogP contribution >= 0.6 is 34.8 Å². The Balaban J connectivity index is 1.79. The third-order valence-electron chi connectivity index (χ3n) is 7.84. The number of anilines is 1. The molecule has 0 spiro atoms. The van der Waals surface area contributed by atoms with Crippen LogP contribution in [0.25, 0.3) is 0 Å². The van der Waals surface area contributed by atoms with Gasteiger partial charge in [-0.3, -0.25) is 13.9 Å². The molecular weight excluding hydrogens is 686 g/mol. The smallest absolute Gasteiger partial charge is 0.352 e. The summed E-state index contributed by atoms with van der Waals surface area (Å²) in [5.41, 5.74) is -0.642. The van der Waals surface area contributed by atoms with Crippen molar-refractivity contribution < 1.29 is 31.2 Å². The first-order valence-corrected chi connectivity index (χ1v) is 17.5. The maximum Gasteiger partial charge on any atom is 0.417 e. The molecule has 0 unspecified atom stereocenters. The van der Waals surface area contributed by atoms with E-state index in [4.69, 9.17) is 34.8 Å². The van der Waals surface area contributed by atoms with Gasteiger partial charge in [-0.15, -0.1) is 0 Å². The number of carbonyl (C=O) groups is 2. The van der Waals surface area contributed by atoms with Crippen LogP contribution in [0, 0.1) is 0 Å². The second-order valence-corrected chi connectivity index (χ2v) is 14.3. The van der Waals surface area contributed by atoms with E-state index >= 15 is 0 Å². The molecule has 1 N–H and O–H groups in total. The van der Waals surface area contributed by atoms with Gasteiger partial charge in [0.05, 0.1) is 22.5 Å². The van der Waals surface area contributed by atoms with Gasteiger partial charge < -0.3 is 10.2 Å². The molecule has 4 rings (SSSR count). The second kappa shape index (κ2) is 15.3. The number of rotatable bonds is 11. The van der Waals surface area contributed by atoms with Crippen LogP contribution < -0.4 is 9.62 Å². The maximum atomic E-state index is 14.3. The lowest BCUT2D eigenvalue weighted by Gasteiger charge is -2.35. The largest absolute Gasteiger partial charge is 0.417 e. The summed E-state index contributed by atoms with van der Waals surface area (Å²) in [4.78, 5) is 29.5. The van der Waals surface area contributed by atoms with Gasteiger partial charge >= 0.3 is 6.18 Å². The average molecular weight is 719 g/mol. The predicted octanol–water partition coefficient (Wildman–Crippen LogP) is 7.52. The molecule has 1 fully saturated rings. The average Bonchev–Trinajstić information content (AvgIpc) is 2.99. The van der Waals surface area contributed by atoms with Gasteiger partial charge in [-0.1, -0.05) is 90.5 Å². The zero-order valence-corrected chi connectivity index (χ0v) is 28.0. The van der Waals surface area contributed by atoms with E-state index < -0.39 is 56.9 Å². The van der Waals surface area contributed by atoms with Crippen LogP contribution in [-0.2, 0) is 38.8 Å². The molecule has 0 aliphatic heterocycles. The fraction of sp³-hybridized carbons (Fsp3) is 0.375. The molecule has 0 saturated heterocycles. The molecule has 46 heavy (non-hydrogen) atoms. The van der Waals surface area contributed by atoms with Gasteiger partial charge in [-0.2, -0.15) is 13.2 Å². The zero-order chi connectivity index (χ0) is 33.6. The van der Waals surface area contributed by atoms with Gasteiger partial charge in [0.2, 0.25) is 21.8 Å². The highest BCUT2D eigenvalue weighted by Crippen LogP contribution is 2.37. The maximum absolute atomic E-state index is 14.3. The molecule has 0 radical (unpaired) electrons. The third-order valence-corrected chi connectivity index (χ3v) is 10.0. The van der Waals surface area contributed by atoms with Crippen molar-refractivity contribution in [2.75, 3.05) is 17.1 Å². The molecule has 14 heteroatoms. The Kier molecular flexibility index (Phi) is 11.9. The number of amides is 2. The monoisotopic (exact) mass is 717 g/mol. The summed E-state index contributed by atoms with van der Waals surface area (Å²) >= 11 is 18.7. The Hall–Kier alpha value is -2.99. The molecule has 0 heterocycles. The van der Waals surface area contributed by atoms with Crippen molar-refractivity contribution in [2.24, 2.45) is 0 Å². The molecule has 0 bridgehead atoms. The minimum absolute atomic E-state index is 0.0608. The number of alkyl halides is 3. The summed E-state index contributed by atoms with van der Waals surface area (Å²) < 4.78 is 67.6. The number of hydrogen-bond donors (Lipinski definition) is 1. The lowest BCUT2D eigenvalue weighted by atomic mass is 9.94. The summed E-state index contributed by atoms with van der Waals surface area (Å²) in [5.74, 6) is -1.31. The third kappa shape index (κ3) is 9.30. The van der Waals surface area contributed by atoms with Crippen LogP contribution in [-0.4, -0.2) is 50.0 Å². The first-order chi connectivity index (χ1) is 21.6. The van der Waals surface area contributed by atoms with Crippen molar-refractivity contribution in [1.29, 1.82) is 0 Å². The highest BCUT2D eigenvalue weighted by atomic mass is 35.5. The molecule has 3 aromatic rings. The van der Waals surface area contributed by atoms with E-state index in [0.29, 0.717) is 15.9 Å². The van der Waals surface area contributed by atoms with Crippen LogP contribution in [0.3, 0.4) is 0 Å². The van der Waals surface area contributed by atoms with Crippen molar-refractivity contribution in [2.45, 2.75) is 63.3 Å². The predicted molar refractivity (Wildman–Crippen MR) is 175 cm³/mol. The molecule has 2 amide bonds. The number of carbonyl (C=O) groups excluding carboxylic acids is 2. The van der Waals surface area contributed by atoms with E-state index in [1.807, 2.05) is 0 Å². The Morgan fingerprint density at radius 2 is 1.54 bits per heavy atom. The van der Waals surface area contributed by atoms with E-state index in [2.05, 4.69) is 5.32 Å². The van der Waals surface area contributed by atoms with E-state index in [1.54, 1.807) is 48.5 Å². The molecule has 1 atom stereocenters. The van der Waals surface area contributed by atoms with Crippen LogP contribution in [0.2, 0.25) is 15.1 Å². The van der Waals surface area contributed by atoms with Gasteiger partial charge in [-0.05, 0) is 48.7 Å². The molecule has 1 saturated carbocycles. The minimum Gasteiger partial charge on any atom is -0.352 e. The Morgan fingerprint density at radius 1 is 0.913 bits per heavy atom. The molecule has 248 valence electrons. The number of sulfonamides is 1. The molecule has 1 aliphatic rings. The first-order valence-electron chi connectivity index (χ1n) is 14.6. The highest BCUT2D eigenvalue weighted by molar-refractivity contribution is 7.92. The molecule has 0 aromatic heterocycles. The van der Waals surface area contributed by atoms with Crippen molar-refractivity contribution >= 4 is 62.3 Å². The highest BCUT2D eigenvalue weighted by Gasteiger charge is 2.37. The van der Waals surface area contributed by atoms with Crippen LogP contribution in [0.4, 0.5) is 18.9 Å². The standard InChI is InChI=1S/C32H33Cl3F3N3O4S/c1-46(44,45)41(23-15-16-28(35)25(18-23)32(36,37)38)20-30(42)40(19-24-26(33)13-8-14-27(24)34)29(17-21-9-4-2-5-10-21)31(43)39-22-11-6-3-7-12-22/h2,4-5,8-10,13-16,18,22,29H,3,6-7,11-12,17,19-20H2,1H3,(H,39,43)/t29-/m0/s1. The number of halogens is 6. The summed E-state index contributed by atoms with van der Waals surface area (Å²) in [6.07, 6.45) is 0.428. The van der Waals surface area contributed by atoms with Crippen LogP contribution in [0.5, 0.6) is 0 Å². The number of hydrogen-bond acceptors (Lipinski definition) is 4. The van der Waals surface area contributed by atoms with Crippen LogP contribution in [0.15, 0.2) is 66.7 Å². The van der Waals surface area contributed by atoms with Crippen LogP contribution in [0.1, 0.15) is 48.8 Å². The van der Waals surface area contributed by atoms with E-state index in [1.165, 1.54) is 4.90 Å². The molecular formula is C32H33Cl3F3N3O4S. The molecule has 3 aromatic carbocycles. The SMILES string of the molecule is CS(=O)(=O)N(CC(=O)N(Cc1c(Cl)cccc1Cl)[C@@H](Cc1ccccc1)C(=O)NC1CCCCC1)c1ccc(Cl)c(C(F)(F)F)c1. The molecule has 7 nitrogen and oxygen atoms in total. The van der Waals surface area contributed by atoms with Crippen molar-refractivity contribution in [1.82, 2.24) is 10.2 Å². The van der Waals surface area contributed by atoms with Crippen molar-refractivity contribution in [3.05, 3.63) is 98.5 Å². The summed E-state index contributed by atoms with van der Waals surface area (Å²) in [6.45, 7) is -1.19. The van der Waals surface area contributed by atoms with E-state index in [9.17, 15) is 31.2 Å². The second-order valence-electron chi connectivity index (χ2n) is 11.2. The Bertz CT molecular complexity index is 1630. The van der Waals surface area contributed by atoms with Gasteiger partial charge in [0.1, 0.15) is 12.6 Å². The van der Waals surface area contributed by atoms with E-state index in [-0.39, 0.29) is 29.1 Å². The summed E-state index contributed by atoms with van der Waals surface area (Å²) in [7, 11) is -4.32. The molecule has 1 aliphatic carbocycles. The van der Waals surface area contributed by atoms with Crippen molar-refractivity contribution in [3.8, 4) is 0 Å². The zero-order valence-electron chi connectivity index (χ0n) is 24.9. The Labute approximate surface area is 281 Å². The lowest BCUT2D eigenvalue weighted by molar-refractivity contribution is -0.140. The topological polar surface area (TPSA) is 86.8 Å². The lowest BCUT2D eigenvalue weighted by Crippen LogP contribution is -2.55. The normalized spacial score (nSPS) is 14.8. The van der Waals surface area contributed by atoms with E-state index in [0.717, 1.165) is 56.1 Å². The first kappa shape index (κ1) is 35.9. The fourth-order valence-corrected chi connectivity index (χ4v) is 7.03. The summed E-state index contributed by atoms with van der Waals surface area (Å²) in [5, 5.41) is 2.86. The Morgan fingerprint density at radius 3 is 2.13 bits per heavy atom. The number of nitrogens with zero attached hydrogens (tertiary/aromatic N) is 2.